The minimum atomic E-state index is -0.603. The summed E-state index contributed by atoms with van der Waals surface area (Å²) in [4.78, 5) is 55.1. The zero-order valence-corrected chi connectivity index (χ0v) is 19.4. The highest BCUT2D eigenvalue weighted by Crippen LogP contribution is 2.28. The van der Waals surface area contributed by atoms with Crippen molar-refractivity contribution in [2.24, 2.45) is 0 Å². The van der Waals surface area contributed by atoms with Crippen LogP contribution < -0.4 is 10.6 Å². The molecule has 2 atom stereocenters. The van der Waals surface area contributed by atoms with Crippen molar-refractivity contribution in [3.63, 3.8) is 0 Å². The van der Waals surface area contributed by atoms with Crippen LogP contribution in [-0.4, -0.2) is 83.1 Å². The van der Waals surface area contributed by atoms with Crippen LogP contribution in [-0.2, 0) is 27.5 Å². The van der Waals surface area contributed by atoms with E-state index in [4.69, 9.17) is 0 Å². The van der Waals surface area contributed by atoms with Gasteiger partial charge in [0.05, 0.1) is 0 Å². The van der Waals surface area contributed by atoms with Gasteiger partial charge in [-0.05, 0) is 37.1 Å². The molecule has 1 aromatic rings. The Morgan fingerprint density at radius 3 is 2.67 bits per heavy atom. The molecule has 3 aliphatic rings. The highest BCUT2D eigenvalue weighted by atomic mass is 16.2. The molecule has 178 valence electrons. The third-order valence-corrected chi connectivity index (χ3v) is 6.94. The summed E-state index contributed by atoms with van der Waals surface area (Å²) in [5.41, 5.74) is 2.60. The van der Waals surface area contributed by atoms with Crippen molar-refractivity contribution in [3.8, 4) is 0 Å². The van der Waals surface area contributed by atoms with E-state index in [0.29, 0.717) is 31.5 Å². The first-order chi connectivity index (χ1) is 15.9. The Morgan fingerprint density at radius 1 is 1.21 bits per heavy atom. The molecule has 0 spiro atoms. The molecule has 9 heteroatoms. The van der Waals surface area contributed by atoms with Crippen molar-refractivity contribution in [1.29, 1.82) is 0 Å². The van der Waals surface area contributed by atoms with Crippen LogP contribution in [0.1, 0.15) is 54.6 Å². The van der Waals surface area contributed by atoms with E-state index < -0.39 is 11.9 Å². The maximum atomic E-state index is 12.9. The Hall–Kier alpha value is -2.78. The summed E-state index contributed by atoms with van der Waals surface area (Å²) >= 11 is 0. The van der Waals surface area contributed by atoms with Crippen LogP contribution in [0.3, 0.4) is 0 Å². The molecule has 33 heavy (non-hydrogen) atoms. The molecule has 0 bridgehead atoms. The van der Waals surface area contributed by atoms with Gasteiger partial charge in [0, 0.05) is 63.7 Å². The summed E-state index contributed by atoms with van der Waals surface area (Å²) in [5.74, 6) is -0.644. The molecule has 0 aromatic heterocycles. The van der Waals surface area contributed by atoms with E-state index in [1.54, 1.807) is 4.90 Å². The molecule has 4 rings (SSSR count). The molecular weight excluding hydrogens is 422 g/mol. The molecule has 2 fully saturated rings. The van der Waals surface area contributed by atoms with Crippen molar-refractivity contribution in [2.45, 2.75) is 58.3 Å². The van der Waals surface area contributed by atoms with Gasteiger partial charge in [0.2, 0.25) is 17.7 Å². The van der Waals surface area contributed by atoms with Crippen molar-refractivity contribution in [2.75, 3.05) is 32.7 Å². The van der Waals surface area contributed by atoms with Gasteiger partial charge in [0.15, 0.2) is 0 Å². The van der Waals surface area contributed by atoms with E-state index in [-0.39, 0.29) is 30.2 Å². The van der Waals surface area contributed by atoms with Gasteiger partial charge < -0.3 is 15.1 Å². The largest absolute Gasteiger partial charge is 0.340 e. The third kappa shape index (κ3) is 5.09. The van der Waals surface area contributed by atoms with Crippen LogP contribution in [0.15, 0.2) is 18.2 Å². The SMILES string of the molecule is CCN(Cc1ccc2c(c1)CN(C1CCC(=O)NC1=O)C2=O)C(C)CC(=O)N1CCNCC1. The van der Waals surface area contributed by atoms with E-state index in [0.717, 1.165) is 43.9 Å². The van der Waals surface area contributed by atoms with Crippen LogP contribution in [0, 0.1) is 0 Å². The summed E-state index contributed by atoms with van der Waals surface area (Å²) in [6, 6.07) is 5.33. The molecule has 0 aliphatic carbocycles. The van der Waals surface area contributed by atoms with Gasteiger partial charge in [-0.25, -0.2) is 0 Å². The summed E-state index contributed by atoms with van der Waals surface area (Å²) in [6.45, 7) is 9.28. The molecule has 3 heterocycles. The van der Waals surface area contributed by atoms with Gasteiger partial charge in [-0.1, -0.05) is 19.1 Å². The number of rotatable bonds is 7. The number of hydrogen-bond donors (Lipinski definition) is 2. The molecule has 4 amide bonds. The predicted octanol–water partition coefficient (Wildman–Crippen LogP) is 0.480. The van der Waals surface area contributed by atoms with Gasteiger partial charge in [-0.15, -0.1) is 0 Å². The van der Waals surface area contributed by atoms with Gasteiger partial charge in [-0.3, -0.25) is 29.4 Å². The molecule has 2 unspecified atom stereocenters. The van der Waals surface area contributed by atoms with Crippen LogP contribution in [0.4, 0.5) is 0 Å². The minimum Gasteiger partial charge on any atom is -0.340 e. The number of hydrogen-bond acceptors (Lipinski definition) is 6. The Balaban J connectivity index is 1.39. The van der Waals surface area contributed by atoms with Crippen LogP contribution in [0.5, 0.6) is 0 Å². The van der Waals surface area contributed by atoms with Crippen LogP contribution >= 0.6 is 0 Å². The lowest BCUT2D eigenvalue weighted by atomic mass is 10.0. The van der Waals surface area contributed by atoms with Crippen molar-refractivity contribution in [3.05, 3.63) is 34.9 Å². The quantitative estimate of drug-likeness (QED) is 0.580. The molecule has 3 aliphatic heterocycles. The fourth-order valence-electron chi connectivity index (χ4n) is 4.97. The number of amides is 4. The van der Waals surface area contributed by atoms with E-state index in [2.05, 4.69) is 29.4 Å². The third-order valence-electron chi connectivity index (χ3n) is 6.94. The van der Waals surface area contributed by atoms with Crippen LogP contribution in [0.25, 0.3) is 0 Å². The first-order valence-corrected chi connectivity index (χ1v) is 11.9. The fraction of sp³-hybridized carbons (Fsp3) is 0.583. The second-order valence-electron chi connectivity index (χ2n) is 9.14. The fourth-order valence-corrected chi connectivity index (χ4v) is 4.97. The standard InChI is InChI=1S/C24H33N5O4/c1-3-27(16(2)12-22(31)28-10-8-25-9-11-28)14-17-4-5-19-18(13-17)15-29(24(19)33)20-6-7-21(30)26-23(20)32/h4-5,13,16,20,25H,3,6-12,14-15H2,1-2H3,(H,26,30,32). The number of nitrogens with zero attached hydrogens (tertiary/aromatic N) is 3. The molecule has 2 N–H and O–H groups in total. The summed E-state index contributed by atoms with van der Waals surface area (Å²) in [6.07, 6.45) is 1.10. The second kappa shape index (κ2) is 10.0. The van der Waals surface area contributed by atoms with E-state index in [9.17, 15) is 19.2 Å². The number of nitrogens with one attached hydrogen (secondary N) is 2. The maximum absolute atomic E-state index is 12.9. The normalized spacial score (nSPS) is 21.9. The average Bonchev–Trinajstić information content (AvgIpc) is 3.13. The Labute approximate surface area is 194 Å². The maximum Gasteiger partial charge on any atom is 0.255 e. The lowest BCUT2D eigenvalue weighted by molar-refractivity contribution is -0.137. The van der Waals surface area contributed by atoms with Gasteiger partial charge in [0.25, 0.3) is 5.91 Å². The minimum absolute atomic E-state index is 0.104. The van der Waals surface area contributed by atoms with Gasteiger partial charge >= 0.3 is 0 Å². The number of carbonyl (C=O) groups is 4. The zero-order valence-electron chi connectivity index (χ0n) is 19.4. The molecule has 9 nitrogen and oxygen atoms in total. The number of imide groups is 1. The van der Waals surface area contributed by atoms with Crippen molar-refractivity contribution < 1.29 is 19.2 Å². The number of piperidine rings is 1. The first-order valence-electron chi connectivity index (χ1n) is 11.9. The van der Waals surface area contributed by atoms with E-state index in [1.807, 2.05) is 23.1 Å². The highest BCUT2D eigenvalue weighted by Gasteiger charge is 2.39. The summed E-state index contributed by atoms with van der Waals surface area (Å²) < 4.78 is 0. The summed E-state index contributed by atoms with van der Waals surface area (Å²) in [5, 5.41) is 5.61. The van der Waals surface area contributed by atoms with E-state index in [1.165, 1.54) is 0 Å². The van der Waals surface area contributed by atoms with Gasteiger partial charge in [-0.2, -0.15) is 0 Å². The van der Waals surface area contributed by atoms with E-state index >= 15 is 0 Å². The molecule has 0 saturated carbocycles. The predicted molar refractivity (Wildman–Crippen MR) is 122 cm³/mol. The lowest BCUT2D eigenvalue weighted by Gasteiger charge is -2.32. The number of benzene rings is 1. The lowest BCUT2D eigenvalue weighted by Crippen LogP contribution is -2.52. The Kier molecular flexibility index (Phi) is 7.09. The topological polar surface area (TPSA) is 102 Å². The smallest absolute Gasteiger partial charge is 0.255 e. The van der Waals surface area contributed by atoms with Crippen molar-refractivity contribution in [1.82, 2.24) is 25.3 Å². The molecular formula is C24H33N5O4. The molecule has 2 saturated heterocycles. The monoisotopic (exact) mass is 455 g/mol. The van der Waals surface area contributed by atoms with Gasteiger partial charge in [0.1, 0.15) is 6.04 Å². The average molecular weight is 456 g/mol. The van der Waals surface area contributed by atoms with Crippen LogP contribution in [0.2, 0.25) is 0 Å². The molecule has 1 aromatic carbocycles. The zero-order chi connectivity index (χ0) is 23.5. The summed E-state index contributed by atoms with van der Waals surface area (Å²) in [7, 11) is 0. The number of fused-ring (bicyclic) bond motifs is 1. The highest BCUT2D eigenvalue weighted by molar-refractivity contribution is 6.05. The first kappa shape index (κ1) is 23.4. The Bertz CT molecular complexity index is 943. The molecule has 0 radical (unpaired) electrons. The number of piperazine rings is 1. The Morgan fingerprint density at radius 2 is 1.97 bits per heavy atom. The van der Waals surface area contributed by atoms with Crippen molar-refractivity contribution >= 4 is 23.6 Å². The number of carbonyl (C=O) groups excluding carboxylic acids is 4. The second-order valence-corrected chi connectivity index (χ2v) is 9.14.